The maximum Gasteiger partial charge on any atom is 0.311 e. The van der Waals surface area contributed by atoms with E-state index in [1.54, 1.807) is 0 Å². The number of hydrogen-bond donors (Lipinski definition) is 2. The second kappa shape index (κ2) is 4.96. The topological polar surface area (TPSA) is 66.4 Å². The van der Waals surface area contributed by atoms with E-state index in [9.17, 15) is 9.59 Å². The van der Waals surface area contributed by atoms with Gasteiger partial charge in [0.25, 0.3) is 0 Å². The van der Waals surface area contributed by atoms with E-state index in [1.807, 2.05) is 0 Å². The molecule has 0 heterocycles. The fourth-order valence-electron chi connectivity index (χ4n) is 1.99. The lowest BCUT2D eigenvalue weighted by atomic mass is 9.86. The largest absolute Gasteiger partial charge is 0.481 e. The van der Waals surface area contributed by atoms with Crippen molar-refractivity contribution in [1.29, 1.82) is 0 Å². The molecule has 0 aromatic carbocycles. The first-order valence-electron chi connectivity index (χ1n) is 5.22. The van der Waals surface area contributed by atoms with E-state index in [0.29, 0.717) is 12.8 Å². The highest BCUT2D eigenvalue weighted by Gasteiger charge is 2.41. The van der Waals surface area contributed by atoms with Crippen molar-refractivity contribution in [2.75, 3.05) is 6.54 Å². The minimum atomic E-state index is -0.793. The summed E-state index contributed by atoms with van der Waals surface area (Å²) < 4.78 is 0. The fourth-order valence-corrected chi connectivity index (χ4v) is 1.99. The van der Waals surface area contributed by atoms with Crippen molar-refractivity contribution in [1.82, 2.24) is 5.32 Å². The monoisotopic (exact) mass is 211 g/mol. The molecular formula is C11H17NO3. The molecule has 1 aliphatic carbocycles. The third kappa shape index (κ3) is 2.81. The summed E-state index contributed by atoms with van der Waals surface area (Å²) in [6.07, 6.45) is 4.95. The molecule has 0 spiro atoms. The third-order valence-corrected chi connectivity index (χ3v) is 2.97. The lowest BCUT2D eigenvalue weighted by Gasteiger charge is -2.23. The maximum absolute atomic E-state index is 11.2. The second-order valence-corrected chi connectivity index (χ2v) is 4.06. The van der Waals surface area contributed by atoms with Crippen molar-refractivity contribution in [3.63, 3.8) is 0 Å². The SMILES string of the molecule is C=CCC(=O)NCC1(C(=O)O)CCCC1. The summed E-state index contributed by atoms with van der Waals surface area (Å²) >= 11 is 0. The van der Waals surface area contributed by atoms with Gasteiger partial charge in [-0.25, -0.2) is 0 Å². The Morgan fingerprint density at radius 2 is 2.00 bits per heavy atom. The second-order valence-electron chi connectivity index (χ2n) is 4.06. The molecule has 0 bridgehead atoms. The highest BCUT2D eigenvalue weighted by Crippen LogP contribution is 2.37. The Morgan fingerprint density at radius 3 is 2.47 bits per heavy atom. The predicted molar refractivity (Wildman–Crippen MR) is 56.4 cm³/mol. The number of carboxylic acid groups (broad SMARTS) is 1. The van der Waals surface area contributed by atoms with Crippen LogP contribution in [0.5, 0.6) is 0 Å². The smallest absolute Gasteiger partial charge is 0.311 e. The van der Waals surface area contributed by atoms with Gasteiger partial charge < -0.3 is 10.4 Å². The quantitative estimate of drug-likeness (QED) is 0.674. The van der Waals surface area contributed by atoms with Crippen molar-refractivity contribution in [3.8, 4) is 0 Å². The molecule has 0 atom stereocenters. The van der Waals surface area contributed by atoms with Gasteiger partial charge in [-0.1, -0.05) is 18.9 Å². The highest BCUT2D eigenvalue weighted by molar-refractivity contribution is 5.80. The van der Waals surface area contributed by atoms with Crippen LogP contribution in [0.25, 0.3) is 0 Å². The molecule has 0 radical (unpaired) electrons. The molecular weight excluding hydrogens is 194 g/mol. The molecule has 1 saturated carbocycles. The first-order valence-corrected chi connectivity index (χ1v) is 5.22. The third-order valence-electron chi connectivity index (χ3n) is 2.97. The molecule has 84 valence electrons. The van der Waals surface area contributed by atoms with E-state index < -0.39 is 11.4 Å². The van der Waals surface area contributed by atoms with Gasteiger partial charge in [-0.2, -0.15) is 0 Å². The lowest BCUT2D eigenvalue weighted by molar-refractivity contribution is -0.148. The molecule has 1 amide bonds. The van der Waals surface area contributed by atoms with E-state index in [4.69, 9.17) is 5.11 Å². The van der Waals surface area contributed by atoms with Crippen LogP contribution in [0, 0.1) is 5.41 Å². The summed E-state index contributed by atoms with van der Waals surface area (Å²) in [6.45, 7) is 3.70. The average molecular weight is 211 g/mol. The lowest BCUT2D eigenvalue weighted by Crippen LogP contribution is -2.41. The van der Waals surface area contributed by atoms with Gasteiger partial charge in [0.1, 0.15) is 0 Å². The number of carbonyl (C=O) groups excluding carboxylic acids is 1. The van der Waals surface area contributed by atoms with Crippen LogP contribution >= 0.6 is 0 Å². The summed E-state index contributed by atoms with van der Waals surface area (Å²) in [5.74, 6) is -0.948. The maximum atomic E-state index is 11.2. The van der Waals surface area contributed by atoms with Crippen molar-refractivity contribution in [2.45, 2.75) is 32.1 Å². The predicted octanol–water partition coefficient (Wildman–Crippen LogP) is 1.32. The van der Waals surface area contributed by atoms with Crippen LogP contribution in [-0.4, -0.2) is 23.5 Å². The molecule has 15 heavy (non-hydrogen) atoms. The standard InChI is InChI=1S/C11H17NO3/c1-2-5-9(13)12-8-11(10(14)15)6-3-4-7-11/h2H,1,3-8H2,(H,12,13)(H,14,15). The van der Waals surface area contributed by atoms with Gasteiger partial charge in [0.05, 0.1) is 5.41 Å². The normalized spacial score (nSPS) is 18.4. The average Bonchev–Trinajstić information content (AvgIpc) is 2.65. The van der Waals surface area contributed by atoms with Crippen molar-refractivity contribution in [2.24, 2.45) is 5.41 Å². The molecule has 2 N–H and O–H groups in total. The molecule has 0 aromatic rings. The van der Waals surface area contributed by atoms with Gasteiger partial charge in [-0.15, -0.1) is 6.58 Å². The Hall–Kier alpha value is -1.32. The molecule has 0 saturated heterocycles. The summed E-state index contributed by atoms with van der Waals surface area (Å²) in [7, 11) is 0. The Morgan fingerprint density at radius 1 is 1.40 bits per heavy atom. The van der Waals surface area contributed by atoms with Gasteiger partial charge in [0.2, 0.25) is 5.91 Å². The van der Waals surface area contributed by atoms with Crippen LogP contribution < -0.4 is 5.32 Å². The first kappa shape index (κ1) is 11.8. The molecule has 1 rings (SSSR count). The summed E-state index contributed by atoms with van der Waals surface area (Å²) in [4.78, 5) is 22.3. The molecule has 0 aromatic heterocycles. The van der Waals surface area contributed by atoms with Gasteiger partial charge in [0, 0.05) is 13.0 Å². The number of carboxylic acids is 1. The molecule has 4 heteroatoms. The molecule has 1 aliphatic rings. The summed E-state index contributed by atoms with van der Waals surface area (Å²) in [5.41, 5.74) is -0.725. The minimum Gasteiger partial charge on any atom is -0.481 e. The van der Waals surface area contributed by atoms with Crippen LogP contribution in [0.3, 0.4) is 0 Å². The zero-order valence-electron chi connectivity index (χ0n) is 8.79. The Balaban J connectivity index is 2.49. The van der Waals surface area contributed by atoms with E-state index in [0.717, 1.165) is 12.8 Å². The Kier molecular flexibility index (Phi) is 3.88. The summed E-state index contributed by atoms with van der Waals surface area (Å²) in [6, 6.07) is 0. The van der Waals surface area contributed by atoms with Crippen LogP contribution in [-0.2, 0) is 9.59 Å². The van der Waals surface area contributed by atoms with Gasteiger partial charge in [0.15, 0.2) is 0 Å². The first-order chi connectivity index (χ1) is 7.10. The zero-order chi connectivity index (χ0) is 11.3. The van der Waals surface area contributed by atoms with Gasteiger partial charge in [-0.05, 0) is 12.8 Å². The number of aliphatic carboxylic acids is 1. The van der Waals surface area contributed by atoms with Crippen molar-refractivity contribution < 1.29 is 14.7 Å². The van der Waals surface area contributed by atoms with Crippen LogP contribution in [0.4, 0.5) is 0 Å². The molecule has 0 unspecified atom stereocenters. The van der Waals surface area contributed by atoms with Crippen molar-refractivity contribution in [3.05, 3.63) is 12.7 Å². The Labute approximate surface area is 89.4 Å². The number of rotatable bonds is 5. The van der Waals surface area contributed by atoms with Crippen LogP contribution in [0.15, 0.2) is 12.7 Å². The van der Waals surface area contributed by atoms with E-state index in [1.165, 1.54) is 6.08 Å². The van der Waals surface area contributed by atoms with Gasteiger partial charge in [-0.3, -0.25) is 9.59 Å². The minimum absolute atomic E-state index is 0.155. The van der Waals surface area contributed by atoms with Crippen LogP contribution in [0.2, 0.25) is 0 Å². The Bertz CT molecular complexity index is 267. The van der Waals surface area contributed by atoms with Crippen LogP contribution in [0.1, 0.15) is 32.1 Å². The highest BCUT2D eigenvalue weighted by atomic mass is 16.4. The fraction of sp³-hybridized carbons (Fsp3) is 0.636. The van der Waals surface area contributed by atoms with E-state index in [2.05, 4.69) is 11.9 Å². The van der Waals surface area contributed by atoms with Crippen molar-refractivity contribution >= 4 is 11.9 Å². The zero-order valence-corrected chi connectivity index (χ0v) is 8.79. The molecule has 0 aliphatic heterocycles. The molecule has 4 nitrogen and oxygen atoms in total. The number of nitrogens with one attached hydrogen (secondary N) is 1. The summed E-state index contributed by atoms with van der Waals surface area (Å²) in [5, 5.41) is 11.8. The number of carbonyl (C=O) groups is 2. The molecule has 1 fully saturated rings. The van der Waals surface area contributed by atoms with E-state index >= 15 is 0 Å². The number of hydrogen-bond acceptors (Lipinski definition) is 2. The van der Waals surface area contributed by atoms with Gasteiger partial charge >= 0.3 is 5.97 Å². The van der Waals surface area contributed by atoms with E-state index in [-0.39, 0.29) is 18.9 Å². The number of amides is 1.